The van der Waals surface area contributed by atoms with Crippen LogP contribution >= 0.6 is 21.6 Å². The van der Waals surface area contributed by atoms with Gasteiger partial charge in [0.05, 0.1) is 21.2 Å². The molecule has 2 aromatic heterocycles. The smallest absolute Gasteiger partial charge is 0.282 e. The minimum absolute atomic E-state index is 0.267. The molecule has 18 heteroatoms. The summed E-state index contributed by atoms with van der Waals surface area (Å²) < 4.78 is 65.6. The van der Waals surface area contributed by atoms with E-state index in [1.807, 2.05) is 0 Å². The van der Waals surface area contributed by atoms with E-state index in [-0.39, 0.29) is 9.79 Å². The predicted octanol–water partition coefficient (Wildman–Crippen LogP) is 0.931. The summed E-state index contributed by atoms with van der Waals surface area (Å²) >= 11 is 0. The summed E-state index contributed by atoms with van der Waals surface area (Å²) in [6.45, 7) is 0. The van der Waals surface area contributed by atoms with Gasteiger partial charge in [-0.05, 0) is 91.0 Å². The van der Waals surface area contributed by atoms with Crippen molar-refractivity contribution in [3.8, 4) is 11.4 Å². The number of hydrogen-bond donors (Lipinski definition) is 2. The maximum Gasteiger partial charge on any atom is 0.294 e. The van der Waals surface area contributed by atoms with Crippen molar-refractivity contribution in [2.45, 2.75) is 20.1 Å². The maximum absolute atomic E-state index is 11.2. The fourth-order valence-corrected chi connectivity index (χ4v) is 5.12. The number of hydrogen-bond acceptors (Lipinski definition) is 12. The van der Waals surface area contributed by atoms with E-state index in [2.05, 4.69) is 31.1 Å². The quantitative estimate of drug-likeness (QED) is 0.261. The lowest BCUT2D eigenvalue weighted by atomic mass is 10.3. The van der Waals surface area contributed by atoms with Gasteiger partial charge in [-0.1, -0.05) is 0 Å². The molecule has 0 unspecified atom stereocenters. The van der Waals surface area contributed by atoms with Crippen molar-refractivity contribution >= 4 is 41.8 Å². The van der Waals surface area contributed by atoms with Gasteiger partial charge in [0.25, 0.3) is 20.2 Å². The lowest BCUT2D eigenvalue weighted by molar-refractivity contribution is 0.481. The third-order valence-corrected chi connectivity index (χ3v) is 7.60. The Bertz CT molecular complexity index is 1350. The first-order valence-corrected chi connectivity index (χ1v) is 13.2. The molecule has 0 saturated carbocycles. The van der Waals surface area contributed by atoms with Gasteiger partial charge in [-0.25, -0.2) is 0 Å². The summed E-state index contributed by atoms with van der Waals surface area (Å²) in [5, 5.41) is 23.4. The first-order chi connectivity index (χ1) is 15.1. The van der Waals surface area contributed by atoms with E-state index in [1.165, 1.54) is 57.9 Å². The molecule has 0 spiro atoms. The van der Waals surface area contributed by atoms with Gasteiger partial charge in [0.1, 0.15) is 0 Å². The molecule has 32 heavy (non-hydrogen) atoms. The van der Waals surface area contributed by atoms with Crippen LogP contribution in [-0.2, 0) is 20.2 Å². The fraction of sp³-hybridized carbons (Fsp3) is 0. The Morgan fingerprint density at radius 2 is 0.969 bits per heavy atom. The Labute approximate surface area is 187 Å². The normalized spacial score (nSPS) is 12.2. The summed E-state index contributed by atoms with van der Waals surface area (Å²) in [5.41, 5.74) is 0.900. The number of benzene rings is 2. The average molecular weight is 515 g/mol. The highest BCUT2D eigenvalue weighted by Crippen LogP contribution is 2.36. The fourth-order valence-electron chi connectivity index (χ4n) is 2.38. The molecule has 2 aromatic carbocycles. The van der Waals surface area contributed by atoms with Crippen LogP contribution in [-0.4, -0.2) is 66.4 Å². The molecule has 0 aliphatic rings. The van der Waals surface area contributed by atoms with Crippen LogP contribution in [0.5, 0.6) is 0 Å². The van der Waals surface area contributed by atoms with Crippen LogP contribution in [0.15, 0.2) is 68.6 Å². The van der Waals surface area contributed by atoms with Crippen molar-refractivity contribution in [2.75, 3.05) is 0 Å². The standard InChI is InChI=1S/C14H10N8O6S4/c23-31(24,25)11-5-1-9(2-6-11)21-13(15-17-19-21)29-30-14-16-18-20-22(14)10-3-7-12(8-4-10)32(26,27)28/h1-8H,(H,23,24,25)(H,26,27,28). The van der Waals surface area contributed by atoms with E-state index in [0.717, 1.165) is 21.6 Å². The zero-order valence-electron chi connectivity index (χ0n) is 15.4. The molecule has 0 atom stereocenters. The summed E-state index contributed by atoms with van der Waals surface area (Å²) in [6, 6.07) is 10.6. The van der Waals surface area contributed by atoms with Gasteiger partial charge in [-0.15, -0.1) is 10.2 Å². The van der Waals surface area contributed by atoms with Crippen LogP contribution in [0.4, 0.5) is 0 Å². The van der Waals surface area contributed by atoms with E-state index < -0.39 is 20.2 Å². The average Bonchev–Trinajstić information content (AvgIpc) is 3.40. The van der Waals surface area contributed by atoms with Crippen LogP contribution in [0.2, 0.25) is 0 Å². The Hall–Kier alpha value is -2.90. The zero-order chi connectivity index (χ0) is 22.9. The molecular weight excluding hydrogens is 504 g/mol. The lowest BCUT2D eigenvalue weighted by Gasteiger charge is -2.06. The predicted molar refractivity (Wildman–Crippen MR) is 110 cm³/mol. The maximum atomic E-state index is 11.2. The molecule has 4 rings (SSSR count). The lowest BCUT2D eigenvalue weighted by Crippen LogP contribution is -2.02. The molecule has 0 radical (unpaired) electrons. The Morgan fingerprint density at radius 1 is 0.625 bits per heavy atom. The van der Waals surface area contributed by atoms with Gasteiger partial charge in [-0.2, -0.15) is 26.2 Å². The van der Waals surface area contributed by atoms with Crippen molar-refractivity contribution in [1.82, 2.24) is 40.4 Å². The van der Waals surface area contributed by atoms with Gasteiger partial charge in [0, 0.05) is 0 Å². The topological polar surface area (TPSA) is 196 Å². The van der Waals surface area contributed by atoms with Crippen molar-refractivity contribution in [3.05, 3.63) is 48.5 Å². The minimum atomic E-state index is -4.32. The molecule has 0 fully saturated rings. The summed E-state index contributed by atoms with van der Waals surface area (Å²) in [7, 11) is -6.43. The van der Waals surface area contributed by atoms with Crippen molar-refractivity contribution in [2.24, 2.45) is 0 Å². The zero-order valence-corrected chi connectivity index (χ0v) is 18.6. The highest BCUT2D eigenvalue weighted by molar-refractivity contribution is 8.76. The van der Waals surface area contributed by atoms with Crippen LogP contribution in [0, 0.1) is 0 Å². The monoisotopic (exact) mass is 514 g/mol. The second kappa shape index (κ2) is 8.56. The van der Waals surface area contributed by atoms with E-state index in [1.54, 1.807) is 0 Å². The molecule has 2 heterocycles. The minimum Gasteiger partial charge on any atom is -0.282 e. The van der Waals surface area contributed by atoms with Crippen molar-refractivity contribution in [1.29, 1.82) is 0 Å². The Kier molecular flexibility index (Phi) is 5.97. The third kappa shape index (κ3) is 4.79. The van der Waals surface area contributed by atoms with Crippen LogP contribution < -0.4 is 0 Å². The SMILES string of the molecule is O=S(=O)(O)c1ccc(-n2nnnc2SSc2nnnn2-c2ccc(S(=O)(=O)O)cc2)cc1. The van der Waals surface area contributed by atoms with Crippen LogP contribution in [0.3, 0.4) is 0 Å². The summed E-state index contributed by atoms with van der Waals surface area (Å²) in [6.07, 6.45) is 0. The molecule has 14 nitrogen and oxygen atoms in total. The molecule has 166 valence electrons. The molecule has 0 amide bonds. The van der Waals surface area contributed by atoms with E-state index in [0.29, 0.717) is 21.7 Å². The molecule has 0 saturated heterocycles. The highest BCUT2D eigenvalue weighted by Gasteiger charge is 2.17. The van der Waals surface area contributed by atoms with Crippen LogP contribution in [0.1, 0.15) is 0 Å². The largest absolute Gasteiger partial charge is 0.294 e. The number of tetrazole rings is 2. The second-order valence-corrected chi connectivity index (χ2v) is 10.8. The first kappa shape index (κ1) is 22.3. The highest BCUT2D eigenvalue weighted by atomic mass is 33.1. The molecule has 0 aliphatic heterocycles. The van der Waals surface area contributed by atoms with Gasteiger partial charge < -0.3 is 0 Å². The van der Waals surface area contributed by atoms with Gasteiger partial charge in [-0.3, -0.25) is 9.11 Å². The summed E-state index contributed by atoms with van der Waals surface area (Å²) in [5.74, 6) is 0. The number of rotatable bonds is 7. The Morgan fingerprint density at radius 3 is 1.28 bits per heavy atom. The molecule has 2 N–H and O–H groups in total. The van der Waals surface area contributed by atoms with Crippen molar-refractivity contribution in [3.63, 3.8) is 0 Å². The molecule has 0 aliphatic carbocycles. The van der Waals surface area contributed by atoms with Gasteiger partial charge in [0.2, 0.25) is 10.3 Å². The second-order valence-electron chi connectivity index (χ2n) is 5.85. The van der Waals surface area contributed by atoms with Gasteiger partial charge >= 0.3 is 0 Å². The first-order valence-electron chi connectivity index (χ1n) is 8.20. The van der Waals surface area contributed by atoms with E-state index in [9.17, 15) is 16.8 Å². The Balaban J connectivity index is 1.53. The van der Waals surface area contributed by atoms with E-state index >= 15 is 0 Å². The van der Waals surface area contributed by atoms with Gasteiger partial charge in [0.15, 0.2) is 0 Å². The van der Waals surface area contributed by atoms with Crippen LogP contribution in [0.25, 0.3) is 11.4 Å². The number of nitrogens with zero attached hydrogens (tertiary/aromatic N) is 8. The van der Waals surface area contributed by atoms with Crippen molar-refractivity contribution < 1.29 is 25.9 Å². The number of aromatic nitrogens is 8. The molecular formula is C14H10N8O6S4. The van der Waals surface area contributed by atoms with E-state index in [4.69, 9.17) is 9.11 Å². The summed E-state index contributed by atoms with van der Waals surface area (Å²) in [4.78, 5) is -0.533. The third-order valence-electron chi connectivity index (χ3n) is 3.83. The molecule has 4 aromatic rings. The molecule has 0 bridgehead atoms.